The molecule has 30 heavy (non-hydrogen) atoms. The number of nitrogens with zero attached hydrogens (tertiary/aromatic N) is 8. The average molecular weight is 430 g/mol. The van der Waals surface area contributed by atoms with Gasteiger partial charge in [0, 0.05) is 51.3 Å². The maximum Gasteiger partial charge on any atom is 0.165 e. The van der Waals surface area contributed by atoms with Crippen LogP contribution < -0.4 is 10.6 Å². The number of benzene rings is 1. The van der Waals surface area contributed by atoms with E-state index in [2.05, 4.69) is 26.8 Å². The highest BCUT2D eigenvalue weighted by Gasteiger charge is 2.22. The van der Waals surface area contributed by atoms with Crippen molar-refractivity contribution >= 4 is 42.0 Å². The smallest absolute Gasteiger partial charge is 0.165 e. The van der Waals surface area contributed by atoms with Gasteiger partial charge in [-0.25, -0.2) is 20.1 Å². The number of nitrogen functional groups attached to an aromatic ring is 1. The highest BCUT2D eigenvalue weighted by atomic mass is 35.5. The van der Waals surface area contributed by atoms with Crippen LogP contribution in [0.2, 0.25) is 0 Å². The van der Waals surface area contributed by atoms with E-state index >= 15 is 0 Å². The topological polar surface area (TPSA) is 98.6 Å². The molecule has 1 aromatic carbocycles. The van der Waals surface area contributed by atoms with Crippen LogP contribution >= 0.6 is 11.6 Å². The molecule has 2 N–H and O–H groups in total. The van der Waals surface area contributed by atoms with Gasteiger partial charge in [0.25, 0.3) is 0 Å². The summed E-state index contributed by atoms with van der Waals surface area (Å²) in [5.41, 5.74) is 8.46. The second kappa shape index (κ2) is 11.2. The summed E-state index contributed by atoms with van der Waals surface area (Å²) < 4.78 is 0. The van der Waals surface area contributed by atoms with Crippen molar-refractivity contribution in [2.45, 2.75) is 25.9 Å². The van der Waals surface area contributed by atoms with Crippen molar-refractivity contribution < 1.29 is 0 Å². The molecule has 2 aromatic rings. The first-order chi connectivity index (χ1) is 14.4. The van der Waals surface area contributed by atoms with Gasteiger partial charge in [-0.05, 0) is 31.5 Å². The number of amidine groups is 1. The van der Waals surface area contributed by atoms with Crippen molar-refractivity contribution in [3.63, 3.8) is 0 Å². The molecule has 0 radical (unpaired) electrons. The number of aliphatic imine (C=N–C) groups is 2. The van der Waals surface area contributed by atoms with Crippen molar-refractivity contribution in [2.75, 3.05) is 31.3 Å². The Morgan fingerprint density at radius 1 is 1.23 bits per heavy atom. The number of hydrazine groups is 1. The summed E-state index contributed by atoms with van der Waals surface area (Å²) >= 11 is 5.95. The minimum absolute atomic E-state index is 0.272. The van der Waals surface area contributed by atoms with Gasteiger partial charge in [0.15, 0.2) is 11.7 Å². The third kappa shape index (κ3) is 5.74. The van der Waals surface area contributed by atoms with E-state index in [-0.39, 0.29) is 12.0 Å². The first-order valence-corrected chi connectivity index (χ1v) is 9.98. The van der Waals surface area contributed by atoms with E-state index in [1.54, 1.807) is 30.9 Å². The standard InChI is InChI=1S/C20H28ClN9/c1-6-24-14-30(17-9-7-16(13-21)8-10-17)20(18-19(22)26-12-11-25-18)27-15(2)28(4)29(5)23-3/h7-12,14-15H,3,6,13H2,1-2,4-5H3,(H2,22,26). The summed E-state index contributed by atoms with van der Waals surface area (Å²) in [5, 5.41) is 7.34. The fourth-order valence-corrected chi connectivity index (χ4v) is 2.69. The van der Waals surface area contributed by atoms with E-state index in [0.29, 0.717) is 24.0 Å². The molecule has 0 bridgehead atoms. The summed E-state index contributed by atoms with van der Waals surface area (Å²) in [6, 6.07) is 7.82. The van der Waals surface area contributed by atoms with Crippen LogP contribution in [0.4, 0.5) is 11.5 Å². The van der Waals surface area contributed by atoms with E-state index < -0.39 is 0 Å². The number of hydrogen-bond donors (Lipinski definition) is 1. The van der Waals surface area contributed by atoms with Crippen molar-refractivity contribution in [1.82, 2.24) is 20.1 Å². The molecular formula is C20H28ClN9. The van der Waals surface area contributed by atoms with Gasteiger partial charge in [-0.3, -0.25) is 9.89 Å². The zero-order valence-corrected chi connectivity index (χ0v) is 18.5. The lowest BCUT2D eigenvalue weighted by molar-refractivity contribution is -0.00138. The fraction of sp³-hybridized carbons (Fsp3) is 0.350. The number of aromatic nitrogens is 2. The summed E-state index contributed by atoms with van der Waals surface area (Å²) in [7, 11) is 3.65. The average Bonchev–Trinajstić information content (AvgIpc) is 2.78. The molecule has 2 rings (SSSR count). The third-order valence-electron chi connectivity index (χ3n) is 4.43. The molecule has 0 fully saturated rings. The van der Waals surface area contributed by atoms with Crippen LogP contribution in [0.25, 0.3) is 0 Å². The monoisotopic (exact) mass is 429 g/mol. The van der Waals surface area contributed by atoms with Crippen LogP contribution in [-0.2, 0) is 5.88 Å². The zero-order valence-electron chi connectivity index (χ0n) is 17.8. The largest absolute Gasteiger partial charge is 0.382 e. The van der Waals surface area contributed by atoms with E-state index in [9.17, 15) is 0 Å². The van der Waals surface area contributed by atoms with Crippen LogP contribution in [0.1, 0.15) is 25.1 Å². The molecule has 9 nitrogen and oxygen atoms in total. The molecule has 0 aliphatic carbocycles. The SMILES string of the molecule is C=NN(C)N(C)C(C)N=C(c1nccnc1N)N(C=NCC)c1ccc(CCl)cc1. The van der Waals surface area contributed by atoms with Gasteiger partial charge >= 0.3 is 0 Å². The molecule has 0 aliphatic heterocycles. The molecule has 0 saturated heterocycles. The van der Waals surface area contributed by atoms with Gasteiger partial charge in [0.05, 0.1) is 6.34 Å². The van der Waals surface area contributed by atoms with Crippen LogP contribution in [0.5, 0.6) is 0 Å². The number of alkyl halides is 1. The van der Waals surface area contributed by atoms with Crippen molar-refractivity contribution in [1.29, 1.82) is 0 Å². The van der Waals surface area contributed by atoms with E-state index in [1.807, 2.05) is 55.1 Å². The molecule has 0 aliphatic rings. The van der Waals surface area contributed by atoms with Crippen molar-refractivity contribution in [3.05, 3.63) is 47.9 Å². The minimum Gasteiger partial charge on any atom is -0.382 e. The van der Waals surface area contributed by atoms with Gasteiger partial charge in [-0.1, -0.05) is 12.1 Å². The molecular weight excluding hydrogens is 402 g/mol. The lowest BCUT2D eigenvalue weighted by Crippen LogP contribution is -2.41. The Kier molecular flexibility index (Phi) is 8.70. The highest BCUT2D eigenvalue weighted by Crippen LogP contribution is 2.20. The molecule has 10 heteroatoms. The van der Waals surface area contributed by atoms with Crippen molar-refractivity contribution in [3.8, 4) is 0 Å². The Balaban J connectivity index is 2.63. The second-order valence-electron chi connectivity index (χ2n) is 6.36. The molecule has 1 unspecified atom stereocenters. The lowest BCUT2D eigenvalue weighted by Gasteiger charge is -2.30. The number of nitrogens with two attached hydrogens (primary N) is 1. The molecule has 1 heterocycles. The summed E-state index contributed by atoms with van der Waals surface area (Å²) in [4.78, 5) is 19.8. The quantitative estimate of drug-likeness (QED) is 0.285. The normalized spacial score (nSPS) is 12.9. The molecule has 160 valence electrons. The van der Waals surface area contributed by atoms with E-state index in [4.69, 9.17) is 22.3 Å². The van der Waals surface area contributed by atoms with E-state index in [0.717, 1.165) is 11.3 Å². The van der Waals surface area contributed by atoms with Gasteiger partial charge in [-0.15, -0.1) is 11.6 Å². The van der Waals surface area contributed by atoms with Gasteiger partial charge in [0.2, 0.25) is 0 Å². The van der Waals surface area contributed by atoms with E-state index in [1.165, 1.54) is 0 Å². The first-order valence-electron chi connectivity index (χ1n) is 9.44. The zero-order chi connectivity index (χ0) is 22.1. The number of anilines is 2. The maximum absolute atomic E-state index is 6.15. The van der Waals surface area contributed by atoms with Crippen LogP contribution in [0.15, 0.2) is 51.7 Å². The molecule has 0 saturated carbocycles. The molecule has 1 atom stereocenters. The number of hydrazone groups is 1. The summed E-state index contributed by atoms with van der Waals surface area (Å²) in [6.07, 6.45) is 4.53. The van der Waals surface area contributed by atoms with Crippen LogP contribution in [0, 0.1) is 0 Å². The molecule has 0 amide bonds. The second-order valence-corrected chi connectivity index (χ2v) is 6.63. The summed E-state index contributed by atoms with van der Waals surface area (Å²) in [5.74, 6) is 1.21. The maximum atomic E-state index is 6.15. The molecule has 0 spiro atoms. The highest BCUT2D eigenvalue weighted by molar-refractivity contribution is 6.20. The first kappa shape index (κ1) is 23.2. The Morgan fingerprint density at radius 2 is 1.90 bits per heavy atom. The third-order valence-corrected chi connectivity index (χ3v) is 4.73. The van der Waals surface area contributed by atoms with Gasteiger partial charge < -0.3 is 5.73 Å². The Bertz CT molecular complexity index is 882. The Hall–Kier alpha value is -3.04. The Labute approximate surface area is 182 Å². The fourth-order valence-electron chi connectivity index (χ4n) is 2.51. The summed E-state index contributed by atoms with van der Waals surface area (Å²) in [6.45, 7) is 8.05. The lowest BCUT2D eigenvalue weighted by atomic mass is 10.2. The van der Waals surface area contributed by atoms with Gasteiger partial charge in [0.1, 0.15) is 11.9 Å². The Morgan fingerprint density at radius 3 is 2.47 bits per heavy atom. The number of rotatable bonds is 9. The number of hydrogen-bond acceptors (Lipinski definition) is 8. The molecule has 1 aromatic heterocycles. The van der Waals surface area contributed by atoms with Crippen LogP contribution in [-0.4, -0.2) is 65.8 Å². The predicted octanol–water partition coefficient (Wildman–Crippen LogP) is 2.84. The van der Waals surface area contributed by atoms with Crippen molar-refractivity contribution in [2.24, 2.45) is 15.1 Å². The predicted molar refractivity (Wildman–Crippen MR) is 125 cm³/mol. The minimum atomic E-state index is -0.309. The van der Waals surface area contributed by atoms with Gasteiger partial charge in [-0.2, -0.15) is 10.1 Å². The number of halogens is 1. The van der Waals surface area contributed by atoms with Crippen LogP contribution in [0.3, 0.4) is 0 Å².